The number of aromatic nitrogens is 3. The highest BCUT2D eigenvalue weighted by Crippen LogP contribution is 2.19. The molecule has 4 aromatic rings. The summed E-state index contributed by atoms with van der Waals surface area (Å²) in [6.45, 7) is 0.370. The van der Waals surface area contributed by atoms with Crippen molar-refractivity contribution in [1.82, 2.24) is 14.1 Å². The molecule has 0 fully saturated rings. The SMILES string of the molecule is O=c1occ(O)n1CCc1ccc(-n2ccc3cccnc32)cc1. The van der Waals surface area contributed by atoms with E-state index in [0.717, 1.165) is 28.5 Å². The van der Waals surface area contributed by atoms with Crippen molar-refractivity contribution in [3.8, 4) is 11.6 Å². The van der Waals surface area contributed by atoms with E-state index in [4.69, 9.17) is 0 Å². The number of nitrogens with zero attached hydrogens (tertiary/aromatic N) is 3. The lowest BCUT2D eigenvalue weighted by molar-refractivity contribution is 0.413. The summed E-state index contributed by atoms with van der Waals surface area (Å²) in [6, 6.07) is 14.0. The first-order valence-corrected chi connectivity index (χ1v) is 7.61. The summed E-state index contributed by atoms with van der Waals surface area (Å²) >= 11 is 0. The van der Waals surface area contributed by atoms with Gasteiger partial charge in [-0.15, -0.1) is 0 Å². The smallest absolute Gasteiger partial charge is 0.421 e. The molecule has 0 atom stereocenters. The Kier molecular flexibility index (Phi) is 3.42. The number of benzene rings is 1. The number of rotatable bonds is 4. The van der Waals surface area contributed by atoms with Crippen LogP contribution in [0.4, 0.5) is 0 Å². The maximum Gasteiger partial charge on any atom is 0.421 e. The summed E-state index contributed by atoms with van der Waals surface area (Å²) in [5.41, 5.74) is 3.01. The minimum Gasteiger partial charge on any atom is -0.492 e. The van der Waals surface area contributed by atoms with Crippen LogP contribution in [0, 0.1) is 0 Å². The van der Waals surface area contributed by atoms with Crippen molar-refractivity contribution in [1.29, 1.82) is 0 Å². The predicted molar refractivity (Wildman–Crippen MR) is 89.4 cm³/mol. The monoisotopic (exact) mass is 321 g/mol. The van der Waals surface area contributed by atoms with Crippen molar-refractivity contribution >= 4 is 11.0 Å². The van der Waals surface area contributed by atoms with E-state index < -0.39 is 5.76 Å². The van der Waals surface area contributed by atoms with Gasteiger partial charge in [-0.3, -0.25) is 0 Å². The summed E-state index contributed by atoms with van der Waals surface area (Å²) in [5, 5.41) is 10.6. The Morgan fingerprint density at radius 1 is 1.12 bits per heavy atom. The third-order valence-electron chi connectivity index (χ3n) is 4.05. The van der Waals surface area contributed by atoms with Gasteiger partial charge in [0, 0.05) is 30.0 Å². The van der Waals surface area contributed by atoms with Crippen molar-refractivity contribution in [3.63, 3.8) is 0 Å². The average Bonchev–Trinajstić information content (AvgIpc) is 3.18. The molecule has 24 heavy (non-hydrogen) atoms. The molecule has 4 rings (SSSR count). The first kappa shape index (κ1) is 14.3. The molecule has 3 aromatic heterocycles. The van der Waals surface area contributed by atoms with Crippen LogP contribution >= 0.6 is 0 Å². The zero-order valence-corrected chi connectivity index (χ0v) is 12.8. The minimum absolute atomic E-state index is 0.151. The van der Waals surface area contributed by atoms with Crippen LogP contribution in [0.1, 0.15) is 5.56 Å². The Bertz CT molecular complexity index is 1040. The quantitative estimate of drug-likeness (QED) is 0.627. The van der Waals surface area contributed by atoms with Crippen molar-refractivity contribution in [2.24, 2.45) is 0 Å². The van der Waals surface area contributed by atoms with Gasteiger partial charge in [-0.05, 0) is 42.3 Å². The van der Waals surface area contributed by atoms with Gasteiger partial charge in [-0.2, -0.15) is 0 Å². The molecule has 0 spiro atoms. The summed E-state index contributed by atoms with van der Waals surface area (Å²) < 4.78 is 7.88. The highest BCUT2D eigenvalue weighted by molar-refractivity contribution is 5.77. The third-order valence-corrected chi connectivity index (χ3v) is 4.05. The minimum atomic E-state index is -0.547. The second-order valence-corrected chi connectivity index (χ2v) is 5.53. The number of aryl methyl sites for hydroxylation is 1. The topological polar surface area (TPSA) is 73.2 Å². The number of hydrogen-bond donors (Lipinski definition) is 1. The van der Waals surface area contributed by atoms with E-state index in [1.165, 1.54) is 4.57 Å². The lowest BCUT2D eigenvalue weighted by atomic mass is 10.1. The summed E-state index contributed by atoms with van der Waals surface area (Å²) in [6.07, 6.45) is 5.45. The number of aromatic hydroxyl groups is 1. The number of oxazole rings is 1. The fraction of sp³-hybridized carbons (Fsp3) is 0.111. The average molecular weight is 321 g/mol. The molecule has 3 heterocycles. The first-order valence-electron chi connectivity index (χ1n) is 7.61. The summed E-state index contributed by atoms with van der Waals surface area (Å²) in [4.78, 5) is 15.8. The van der Waals surface area contributed by atoms with Crippen LogP contribution in [0.5, 0.6) is 5.88 Å². The van der Waals surface area contributed by atoms with Gasteiger partial charge in [-0.1, -0.05) is 12.1 Å². The van der Waals surface area contributed by atoms with Gasteiger partial charge in [0.1, 0.15) is 5.65 Å². The Balaban J connectivity index is 1.56. The number of pyridine rings is 1. The van der Waals surface area contributed by atoms with Crippen molar-refractivity contribution in [3.05, 3.63) is 77.2 Å². The molecule has 0 amide bonds. The molecule has 6 heteroatoms. The molecule has 0 aliphatic carbocycles. The van der Waals surface area contributed by atoms with Gasteiger partial charge in [0.2, 0.25) is 5.88 Å². The Morgan fingerprint density at radius 2 is 1.96 bits per heavy atom. The van der Waals surface area contributed by atoms with Gasteiger partial charge in [0.15, 0.2) is 6.26 Å². The third kappa shape index (κ3) is 2.48. The standard InChI is InChI=1S/C18H15N3O3/c22-16-12-24-18(23)21(16)10-7-13-3-5-15(6-4-13)20-11-8-14-2-1-9-19-17(14)20/h1-6,8-9,11-12,22H,7,10H2. The molecule has 0 bridgehead atoms. The van der Waals surface area contributed by atoms with E-state index in [-0.39, 0.29) is 5.88 Å². The maximum absolute atomic E-state index is 11.4. The predicted octanol–water partition coefficient (Wildman–Crippen LogP) is 2.73. The molecule has 1 N–H and O–H groups in total. The second kappa shape index (κ2) is 5.73. The van der Waals surface area contributed by atoms with Crippen LogP contribution < -0.4 is 5.76 Å². The molecule has 0 unspecified atom stereocenters. The van der Waals surface area contributed by atoms with E-state index in [1.54, 1.807) is 6.20 Å². The molecule has 0 aliphatic heterocycles. The molecule has 0 aliphatic rings. The molecule has 0 saturated heterocycles. The van der Waals surface area contributed by atoms with Crippen LogP contribution in [0.2, 0.25) is 0 Å². The lowest BCUT2D eigenvalue weighted by Crippen LogP contribution is -2.15. The second-order valence-electron chi connectivity index (χ2n) is 5.53. The normalized spacial score (nSPS) is 11.2. The molecule has 0 radical (unpaired) electrons. The highest BCUT2D eigenvalue weighted by Gasteiger charge is 2.07. The Labute approximate surface area is 137 Å². The molecule has 120 valence electrons. The fourth-order valence-electron chi connectivity index (χ4n) is 2.77. The largest absolute Gasteiger partial charge is 0.492 e. The van der Waals surface area contributed by atoms with E-state index in [9.17, 15) is 9.90 Å². The molecule has 1 aromatic carbocycles. The van der Waals surface area contributed by atoms with Crippen molar-refractivity contribution < 1.29 is 9.52 Å². The van der Waals surface area contributed by atoms with Crippen LogP contribution in [0.15, 0.2) is 70.3 Å². The van der Waals surface area contributed by atoms with Gasteiger partial charge in [-0.25, -0.2) is 14.3 Å². The van der Waals surface area contributed by atoms with Crippen LogP contribution in [-0.4, -0.2) is 19.2 Å². The van der Waals surface area contributed by atoms with E-state index in [0.29, 0.717) is 13.0 Å². The van der Waals surface area contributed by atoms with Crippen LogP contribution in [-0.2, 0) is 13.0 Å². The van der Waals surface area contributed by atoms with E-state index >= 15 is 0 Å². The fourth-order valence-corrected chi connectivity index (χ4v) is 2.77. The number of hydrogen-bond acceptors (Lipinski definition) is 4. The molecule has 0 saturated carbocycles. The number of fused-ring (bicyclic) bond motifs is 1. The molecular formula is C18H15N3O3. The van der Waals surface area contributed by atoms with E-state index in [2.05, 4.69) is 9.40 Å². The van der Waals surface area contributed by atoms with Gasteiger partial charge < -0.3 is 14.1 Å². The molecule has 6 nitrogen and oxygen atoms in total. The van der Waals surface area contributed by atoms with Gasteiger partial charge >= 0.3 is 5.76 Å². The summed E-state index contributed by atoms with van der Waals surface area (Å²) in [5.74, 6) is -0.699. The Morgan fingerprint density at radius 3 is 2.71 bits per heavy atom. The molecular weight excluding hydrogens is 306 g/mol. The highest BCUT2D eigenvalue weighted by atomic mass is 16.4. The maximum atomic E-state index is 11.4. The van der Waals surface area contributed by atoms with E-state index in [1.807, 2.05) is 53.2 Å². The zero-order chi connectivity index (χ0) is 16.5. The van der Waals surface area contributed by atoms with Crippen molar-refractivity contribution in [2.45, 2.75) is 13.0 Å². The van der Waals surface area contributed by atoms with Crippen molar-refractivity contribution in [2.75, 3.05) is 0 Å². The van der Waals surface area contributed by atoms with Gasteiger partial charge in [0.25, 0.3) is 0 Å². The van der Waals surface area contributed by atoms with Crippen LogP contribution in [0.3, 0.4) is 0 Å². The first-order chi connectivity index (χ1) is 11.7. The van der Waals surface area contributed by atoms with Gasteiger partial charge in [0.05, 0.1) is 0 Å². The summed E-state index contributed by atoms with van der Waals surface area (Å²) in [7, 11) is 0. The Hall–Kier alpha value is -3.28. The van der Waals surface area contributed by atoms with Crippen LogP contribution in [0.25, 0.3) is 16.7 Å². The lowest BCUT2D eigenvalue weighted by Gasteiger charge is -2.07. The zero-order valence-electron chi connectivity index (χ0n) is 12.8.